The highest BCUT2D eigenvalue weighted by Crippen LogP contribution is 2.17. The van der Waals surface area contributed by atoms with E-state index < -0.39 is 0 Å². The first kappa shape index (κ1) is 13.9. The summed E-state index contributed by atoms with van der Waals surface area (Å²) in [4.78, 5) is 0. The van der Waals surface area contributed by atoms with E-state index in [4.69, 9.17) is 0 Å². The molecule has 0 atom stereocenters. The monoisotopic (exact) mass is 236 g/mol. The van der Waals surface area contributed by atoms with Crippen LogP contribution >= 0.6 is 11.6 Å². The summed E-state index contributed by atoms with van der Waals surface area (Å²) >= 11 is 4.64. The van der Waals surface area contributed by atoms with E-state index in [0.717, 1.165) is 0 Å². The molecule has 0 unspecified atom stereocenters. The SMILES string of the molecule is CCl.[SiH4].c1ccc(-c2ccccc2)cc1. The van der Waals surface area contributed by atoms with Crippen molar-refractivity contribution in [1.29, 1.82) is 0 Å². The Morgan fingerprint density at radius 3 is 1.13 bits per heavy atom. The Balaban J connectivity index is 0.000000617. The van der Waals surface area contributed by atoms with Gasteiger partial charge in [-0.15, -0.1) is 11.6 Å². The van der Waals surface area contributed by atoms with Gasteiger partial charge in [-0.1, -0.05) is 60.7 Å². The number of hydrogen-bond donors (Lipinski definition) is 0. The third-order valence-electron chi connectivity index (χ3n) is 1.88. The van der Waals surface area contributed by atoms with Crippen LogP contribution in [0.2, 0.25) is 0 Å². The average molecular weight is 237 g/mol. The highest BCUT2D eigenvalue weighted by Gasteiger charge is 1.91. The number of halogens is 1. The Morgan fingerprint density at radius 2 is 0.867 bits per heavy atom. The maximum atomic E-state index is 4.64. The number of rotatable bonds is 1. The fourth-order valence-corrected chi connectivity index (χ4v) is 1.26. The lowest BCUT2D eigenvalue weighted by Crippen LogP contribution is -1.73. The molecule has 0 aliphatic rings. The summed E-state index contributed by atoms with van der Waals surface area (Å²) in [5.74, 6) is 0. The maximum Gasteiger partial charge on any atom is 0.0108 e. The van der Waals surface area contributed by atoms with Gasteiger partial charge in [0.25, 0.3) is 0 Å². The average Bonchev–Trinajstić information content (AvgIpc) is 2.34. The molecule has 2 rings (SSSR count). The van der Waals surface area contributed by atoms with Crippen molar-refractivity contribution in [2.24, 2.45) is 0 Å². The highest BCUT2D eigenvalue weighted by atomic mass is 35.5. The summed E-state index contributed by atoms with van der Waals surface area (Å²) in [6.07, 6.45) is 1.47. The van der Waals surface area contributed by atoms with Crippen LogP contribution in [0.4, 0.5) is 0 Å². The number of benzene rings is 2. The van der Waals surface area contributed by atoms with Gasteiger partial charge in [-0.3, -0.25) is 0 Å². The second kappa shape index (κ2) is 8.27. The van der Waals surface area contributed by atoms with Gasteiger partial charge in [0.2, 0.25) is 0 Å². The van der Waals surface area contributed by atoms with Crippen LogP contribution in [-0.4, -0.2) is 17.3 Å². The first-order chi connectivity index (χ1) is 6.97. The molecule has 0 N–H and O–H groups in total. The van der Waals surface area contributed by atoms with Crippen molar-refractivity contribution in [2.75, 3.05) is 6.38 Å². The van der Waals surface area contributed by atoms with Gasteiger partial charge in [0.15, 0.2) is 0 Å². The summed E-state index contributed by atoms with van der Waals surface area (Å²) in [6, 6.07) is 20.8. The summed E-state index contributed by atoms with van der Waals surface area (Å²) < 4.78 is 0. The van der Waals surface area contributed by atoms with Crippen molar-refractivity contribution < 1.29 is 0 Å². The van der Waals surface area contributed by atoms with Crippen LogP contribution in [0.5, 0.6) is 0 Å². The maximum absolute atomic E-state index is 4.64. The summed E-state index contributed by atoms with van der Waals surface area (Å²) in [6.45, 7) is 0. The molecule has 0 fully saturated rings. The van der Waals surface area contributed by atoms with Crippen LogP contribution in [0.25, 0.3) is 11.1 Å². The topological polar surface area (TPSA) is 0 Å². The fourth-order valence-electron chi connectivity index (χ4n) is 1.26. The quantitative estimate of drug-likeness (QED) is 0.528. The normalized spacial score (nSPS) is 8.13. The van der Waals surface area contributed by atoms with Crippen LogP contribution in [-0.2, 0) is 0 Å². The molecule has 0 saturated heterocycles. The zero-order valence-electron chi connectivity index (χ0n) is 8.15. The summed E-state index contributed by atoms with van der Waals surface area (Å²) in [5, 5.41) is 0. The number of alkyl halides is 1. The fraction of sp³-hybridized carbons (Fsp3) is 0.0769. The van der Waals surface area contributed by atoms with E-state index in [9.17, 15) is 0 Å². The molecule has 0 aromatic heterocycles. The van der Waals surface area contributed by atoms with Crippen LogP contribution < -0.4 is 0 Å². The predicted molar refractivity (Wildman–Crippen MR) is 75.0 cm³/mol. The number of hydrogen-bond acceptors (Lipinski definition) is 0. The van der Waals surface area contributed by atoms with Crippen molar-refractivity contribution in [3.8, 4) is 11.1 Å². The first-order valence-corrected chi connectivity index (χ1v) is 5.21. The zero-order valence-corrected chi connectivity index (χ0v) is 8.91. The van der Waals surface area contributed by atoms with Gasteiger partial charge >= 0.3 is 0 Å². The highest BCUT2D eigenvalue weighted by molar-refractivity contribution is 6.15. The van der Waals surface area contributed by atoms with Crippen LogP contribution in [0.1, 0.15) is 0 Å². The third kappa shape index (κ3) is 4.32. The largest absolute Gasteiger partial charge is 0.130 e. The second-order valence-corrected chi connectivity index (χ2v) is 2.73. The molecule has 2 aromatic rings. The van der Waals surface area contributed by atoms with E-state index in [1.54, 1.807) is 0 Å². The van der Waals surface area contributed by atoms with Crippen molar-refractivity contribution in [2.45, 2.75) is 0 Å². The third-order valence-corrected chi connectivity index (χ3v) is 1.88. The van der Waals surface area contributed by atoms with Crippen LogP contribution in [0.15, 0.2) is 60.7 Å². The molecule has 0 saturated carbocycles. The molecule has 0 radical (unpaired) electrons. The Hall–Kier alpha value is -1.05. The lowest BCUT2D eigenvalue weighted by atomic mass is 10.1. The van der Waals surface area contributed by atoms with Crippen molar-refractivity contribution in [3.63, 3.8) is 0 Å². The molecular formula is C13H17ClSi. The van der Waals surface area contributed by atoms with Gasteiger partial charge in [-0.2, -0.15) is 0 Å². The van der Waals surface area contributed by atoms with E-state index in [-0.39, 0.29) is 11.0 Å². The minimum Gasteiger partial charge on any atom is -0.130 e. The van der Waals surface area contributed by atoms with E-state index in [2.05, 4.69) is 60.1 Å². The minimum atomic E-state index is 0. The molecule has 0 heterocycles. The summed E-state index contributed by atoms with van der Waals surface area (Å²) in [7, 11) is 0. The zero-order chi connectivity index (χ0) is 10.2. The second-order valence-electron chi connectivity index (χ2n) is 2.73. The molecule has 0 nitrogen and oxygen atoms in total. The lowest BCUT2D eigenvalue weighted by molar-refractivity contribution is 1.62. The molecule has 0 aliphatic carbocycles. The van der Waals surface area contributed by atoms with Gasteiger partial charge in [0.1, 0.15) is 0 Å². The van der Waals surface area contributed by atoms with Crippen molar-refractivity contribution in [3.05, 3.63) is 60.7 Å². The molecular weight excluding hydrogens is 220 g/mol. The Bertz CT molecular complexity index is 308. The predicted octanol–water partition coefficient (Wildman–Crippen LogP) is 2.76. The molecule has 0 spiro atoms. The van der Waals surface area contributed by atoms with Crippen molar-refractivity contribution in [1.82, 2.24) is 0 Å². The molecule has 2 aromatic carbocycles. The molecule has 0 bridgehead atoms. The summed E-state index contributed by atoms with van der Waals surface area (Å²) in [5.41, 5.74) is 2.55. The standard InChI is InChI=1S/C12H10.CH3Cl.H4Si/c1-3-7-11(8-4-1)12-9-5-2-6-10-12;1-2;/h1-10H;1H3;1H4. The molecule has 0 aliphatic heterocycles. The van der Waals surface area contributed by atoms with E-state index >= 15 is 0 Å². The van der Waals surface area contributed by atoms with Gasteiger partial charge in [0.05, 0.1) is 0 Å². The smallest absolute Gasteiger partial charge is 0.0108 e. The van der Waals surface area contributed by atoms with Gasteiger partial charge in [-0.05, 0) is 22.1 Å². The van der Waals surface area contributed by atoms with E-state index in [1.807, 2.05) is 12.1 Å². The van der Waals surface area contributed by atoms with Gasteiger partial charge in [0, 0.05) is 6.38 Å². The Kier molecular flexibility index (Phi) is 7.69. The molecule has 15 heavy (non-hydrogen) atoms. The molecule has 80 valence electrons. The molecule has 2 heteroatoms. The van der Waals surface area contributed by atoms with Gasteiger partial charge in [-0.25, -0.2) is 0 Å². The Labute approximate surface area is 101 Å². The van der Waals surface area contributed by atoms with Crippen LogP contribution in [0.3, 0.4) is 0 Å². The van der Waals surface area contributed by atoms with E-state index in [0.29, 0.717) is 0 Å². The van der Waals surface area contributed by atoms with Crippen molar-refractivity contribution >= 4 is 22.6 Å². The lowest BCUT2D eigenvalue weighted by Gasteiger charge is -1.98. The van der Waals surface area contributed by atoms with E-state index in [1.165, 1.54) is 17.5 Å². The first-order valence-electron chi connectivity index (χ1n) is 4.45. The van der Waals surface area contributed by atoms with Gasteiger partial charge < -0.3 is 0 Å². The molecule has 0 amide bonds. The van der Waals surface area contributed by atoms with Crippen LogP contribution in [0, 0.1) is 0 Å². The Morgan fingerprint density at radius 1 is 0.600 bits per heavy atom. The minimum absolute atomic E-state index is 0.